The van der Waals surface area contributed by atoms with Crippen molar-refractivity contribution in [3.05, 3.63) is 48.2 Å². The summed E-state index contributed by atoms with van der Waals surface area (Å²) < 4.78 is 0. The summed E-state index contributed by atoms with van der Waals surface area (Å²) in [6.45, 7) is 4.37. The highest BCUT2D eigenvalue weighted by Gasteiger charge is 2.52. The van der Waals surface area contributed by atoms with Crippen molar-refractivity contribution in [2.24, 2.45) is 0 Å². The van der Waals surface area contributed by atoms with Gasteiger partial charge in [-0.2, -0.15) is 0 Å². The lowest BCUT2D eigenvalue weighted by molar-refractivity contribution is 0.0668. The van der Waals surface area contributed by atoms with Crippen LogP contribution in [0.1, 0.15) is 35.3 Å². The number of fused-ring (bicyclic) bond motifs is 1. The quantitative estimate of drug-likeness (QED) is 0.758. The number of anilines is 1. The van der Waals surface area contributed by atoms with Crippen LogP contribution in [0.2, 0.25) is 0 Å². The molecule has 1 saturated carbocycles. The normalized spacial score (nSPS) is 18.7. The van der Waals surface area contributed by atoms with E-state index in [1.54, 1.807) is 12.5 Å². The van der Waals surface area contributed by atoms with E-state index >= 15 is 0 Å². The Morgan fingerprint density at radius 1 is 1.19 bits per heavy atom. The van der Waals surface area contributed by atoms with Crippen LogP contribution >= 0.6 is 0 Å². The number of nitrogens with one attached hydrogen (secondary N) is 1. The lowest BCUT2D eigenvalue weighted by Crippen LogP contribution is -2.47. The van der Waals surface area contributed by atoms with Gasteiger partial charge in [-0.25, -0.2) is 9.97 Å². The number of rotatable bonds is 2. The van der Waals surface area contributed by atoms with Crippen LogP contribution in [0.3, 0.4) is 0 Å². The first-order chi connectivity index (χ1) is 13.2. The predicted molar refractivity (Wildman–Crippen MR) is 103 cm³/mol. The van der Waals surface area contributed by atoms with E-state index in [1.807, 2.05) is 31.3 Å². The number of nitrogens with zero attached hydrogens (tertiary/aromatic N) is 5. The van der Waals surface area contributed by atoms with Crippen LogP contribution in [0.25, 0.3) is 11.0 Å². The molecule has 4 heterocycles. The van der Waals surface area contributed by atoms with Gasteiger partial charge < -0.3 is 14.8 Å². The molecule has 7 nitrogen and oxygen atoms in total. The van der Waals surface area contributed by atoms with Gasteiger partial charge >= 0.3 is 0 Å². The topological polar surface area (TPSA) is 78.0 Å². The Morgan fingerprint density at radius 2 is 2.07 bits per heavy atom. The zero-order valence-corrected chi connectivity index (χ0v) is 15.4. The van der Waals surface area contributed by atoms with E-state index in [0.717, 1.165) is 61.4 Å². The molecule has 5 rings (SSSR count). The predicted octanol–water partition coefficient (Wildman–Crippen LogP) is 2.55. The molecule has 138 valence electrons. The molecule has 3 aromatic rings. The Hall–Kier alpha value is -2.96. The van der Waals surface area contributed by atoms with Gasteiger partial charge in [0.05, 0.1) is 16.5 Å². The number of carbonyl (C=O) groups is 1. The van der Waals surface area contributed by atoms with Gasteiger partial charge in [-0.1, -0.05) is 0 Å². The number of aromatic amines is 1. The van der Waals surface area contributed by atoms with Crippen molar-refractivity contribution >= 4 is 22.8 Å². The zero-order chi connectivity index (χ0) is 18.4. The summed E-state index contributed by atoms with van der Waals surface area (Å²) in [7, 11) is 0. The van der Waals surface area contributed by atoms with E-state index in [4.69, 9.17) is 0 Å². The molecular formula is C20H22N6O. The van der Waals surface area contributed by atoms with Crippen LogP contribution in [0.4, 0.5) is 5.82 Å². The van der Waals surface area contributed by atoms with E-state index in [-0.39, 0.29) is 11.4 Å². The van der Waals surface area contributed by atoms with E-state index in [1.165, 1.54) is 0 Å². The summed E-state index contributed by atoms with van der Waals surface area (Å²) in [5.41, 5.74) is 2.27. The van der Waals surface area contributed by atoms with Gasteiger partial charge in [0.15, 0.2) is 0 Å². The summed E-state index contributed by atoms with van der Waals surface area (Å²) in [6.07, 6.45) is 8.24. The summed E-state index contributed by atoms with van der Waals surface area (Å²) in [6, 6.07) is 5.75. The van der Waals surface area contributed by atoms with Crippen molar-refractivity contribution in [3.63, 3.8) is 0 Å². The maximum absolute atomic E-state index is 13.3. The molecule has 0 aromatic carbocycles. The summed E-state index contributed by atoms with van der Waals surface area (Å²) >= 11 is 0. The lowest BCUT2D eigenvalue weighted by atomic mass is 10.1. The van der Waals surface area contributed by atoms with Gasteiger partial charge in [0.2, 0.25) is 0 Å². The molecule has 1 spiro atoms. The second-order valence-corrected chi connectivity index (χ2v) is 7.53. The van der Waals surface area contributed by atoms with Gasteiger partial charge in [0.25, 0.3) is 5.91 Å². The number of pyridine rings is 1. The molecule has 1 N–H and O–H groups in total. The fourth-order valence-corrected chi connectivity index (χ4v) is 4.21. The van der Waals surface area contributed by atoms with Crippen molar-refractivity contribution in [3.8, 4) is 0 Å². The Balaban J connectivity index is 1.47. The molecule has 1 aliphatic carbocycles. The molecule has 0 radical (unpaired) electrons. The SMILES string of the molecule is Cc1ncccc1C(=O)N1CCCN(c2ncnc3[nH]ccc23)CC12CC2. The van der Waals surface area contributed by atoms with Gasteiger partial charge in [0, 0.05) is 37.7 Å². The Morgan fingerprint density at radius 3 is 2.89 bits per heavy atom. The molecule has 1 amide bonds. The number of hydrogen-bond donors (Lipinski definition) is 1. The second-order valence-electron chi connectivity index (χ2n) is 7.53. The Kier molecular flexibility index (Phi) is 3.63. The van der Waals surface area contributed by atoms with Crippen LogP contribution in [0.5, 0.6) is 0 Å². The fraction of sp³-hybridized carbons (Fsp3) is 0.400. The smallest absolute Gasteiger partial charge is 0.256 e. The fourth-order valence-electron chi connectivity index (χ4n) is 4.21. The van der Waals surface area contributed by atoms with E-state index in [2.05, 4.69) is 29.7 Å². The standard InChI is InChI=1S/C20H22N6O/c1-14-15(4-2-8-21-14)19(27)26-11-3-10-25(12-20(26)6-7-20)18-16-5-9-22-17(16)23-13-24-18/h2,4-5,8-9,13H,3,6-7,10-12H2,1H3,(H,22,23,24). The van der Waals surface area contributed by atoms with Crippen molar-refractivity contribution in [2.45, 2.75) is 31.7 Å². The summed E-state index contributed by atoms with van der Waals surface area (Å²) in [5, 5.41) is 1.04. The molecule has 0 unspecified atom stereocenters. The number of aromatic nitrogens is 4. The largest absolute Gasteiger partial charge is 0.354 e. The van der Waals surface area contributed by atoms with E-state index in [9.17, 15) is 4.79 Å². The number of carbonyl (C=O) groups excluding carboxylic acids is 1. The van der Waals surface area contributed by atoms with Gasteiger partial charge in [-0.05, 0) is 44.4 Å². The lowest BCUT2D eigenvalue weighted by Gasteiger charge is -2.33. The Bertz CT molecular complexity index is 1010. The van der Waals surface area contributed by atoms with Crippen LogP contribution < -0.4 is 4.90 Å². The molecule has 1 aliphatic heterocycles. The molecule has 0 bridgehead atoms. The van der Waals surface area contributed by atoms with Crippen LogP contribution in [0.15, 0.2) is 36.9 Å². The van der Waals surface area contributed by atoms with Crippen LogP contribution in [0, 0.1) is 6.92 Å². The van der Waals surface area contributed by atoms with E-state index < -0.39 is 0 Å². The highest BCUT2D eigenvalue weighted by Crippen LogP contribution is 2.45. The van der Waals surface area contributed by atoms with E-state index in [0.29, 0.717) is 5.56 Å². The molecular weight excluding hydrogens is 340 g/mol. The van der Waals surface area contributed by atoms with Crippen LogP contribution in [-0.2, 0) is 0 Å². The average molecular weight is 362 g/mol. The van der Waals surface area contributed by atoms with Gasteiger partial charge in [-0.3, -0.25) is 9.78 Å². The molecule has 2 fully saturated rings. The first-order valence-electron chi connectivity index (χ1n) is 9.45. The van der Waals surface area contributed by atoms with Crippen molar-refractivity contribution in [1.82, 2.24) is 24.8 Å². The number of aryl methyl sites for hydroxylation is 1. The average Bonchev–Trinajstić information content (AvgIpc) is 3.34. The molecule has 27 heavy (non-hydrogen) atoms. The van der Waals surface area contributed by atoms with Crippen molar-refractivity contribution in [2.75, 3.05) is 24.5 Å². The highest BCUT2D eigenvalue weighted by molar-refractivity contribution is 5.96. The van der Waals surface area contributed by atoms with Gasteiger partial charge in [-0.15, -0.1) is 0 Å². The van der Waals surface area contributed by atoms with Crippen LogP contribution in [-0.4, -0.2) is 55.9 Å². The van der Waals surface area contributed by atoms with Gasteiger partial charge in [0.1, 0.15) is 17.8 Å². The third-order valence-corrected chi connectivity index (χ3v) is 5.81. The maximum Gasteiger partial charge on any atom is 0.256 e. The minimum Gasteiger partial charge on any atom is -0.354 e. The molecule has 2 aliphatic rings. The summed E-state index contributed by atoms with van der Waals surface area (Å²) in [5.74, 6) is 1.06. The minimum atomic E-state index is -0.0938. The number of hydrogen-bond acceptors (Lipinski definition) is 5. The van der Waals surface area contributed by atoms with Crippen molar-refractivity contribution in [1.29, 1.82) is 0 Å². The molecule has 3 aromatic heterocycles. The monoisotopic (exact) mass is 362 g/mol. The minimum absolute atomic E-state index is 0.0938. The second kappa shape index (κ2) is 6.04. The number of amides is 1. The summed E-state index contributed by atoms with van der Waals surface area (Å²) in [4.78, 5) is 34.0. The van der Waals surface area contributed by atoms with Crippen molar-refractivity contribution < 1.29 is 4.79 Å². The number of H-pyrrole nitrogens is 1. The molecule has 1 saturated heterocycles. The highest BCUT2D eigenvalue weighted by atomic mass is 16.2. The molecule has 7 heteroatoms. The third-order valence-electron chi connectivity index (χ3n) is 5.81. The third kappa shape index (κ3) is 2.65. The Labute approximate surface area is 157 Å². The zero-order valence-electron chi connectivity index (χ0n) is 15.4. The molecule has 0 atom stereocenters. The first kappa shape index (κ1) is 16.2. The maximum atomic E-state index is 13.3. The first-order valence-corrected chi connectivity index (χ1v) is 9.45.